The molecule has 0 atom stereocenters. The van der Waals surface area contributed by atoms with Crippen LogP contribution in [-0.2, 0) is 0 Å². The lowest BCUT2D eigenvalue weighted by Crippen LogP contribution is -2.15. The SMILES string of the molecule is Cc1ccnc(NC(=O)c2cc(F)c(F)cc2[N+](=O)[O-])c1. The Hall–Kier alpha value is -2.90. The summed E-state index contributed by atoms with van der Waals surface area (Å²) in [5.74, 6) is -3.53. The molecule has 1 aromatic heterocycles. The molecule has 2 rings (SSSR count). The third-order valence-corrected chi connectivity index (χ3v) is 2.64. The molecule has 0 aliphatic carbocycles. The second-order valence-electron chi connectivity index (χ2n) is 4.21. The quantitative estimate of drug-likeness (QED) is 0.696. The molecule has 0 unspecified atom stereocenters. The molecule has 0 bridgehead atoms. The van der Waals surface area contributed by atoms with Gasteiger partial charge in [-0.05, 0) is 30.7 Å². The first-order valence-corrected chi connectivity index (χ1v) is 5.76. The van der Waals surface area contributed by atoms with Crippen LogP contribution in [0.3, 0.4) is 0 Å². The van der Waals surface area contributed by atoms with E-state index in [0.29, 0.717) is 12.1 Å². The molecule has 21 heavy (non-hydrogen) atoms. The zero-order chi connectivity index (χ0) is 15.6. The molecule has 8 heteroatoms. The summed E-state index contributed by atoms with van der Waals surface area (Å²) in [7, 11) is 0. The molecule has 1 heterocycles. The number of carbonyl (C=O) groups is 1. The van der Waals surface area contributed by atoms with Crippen molar-refractivity contribution in [2.75, 3.05) is 5.32 Å². The van der Waals surface area contributed by atoms with Crippen LogP contribution in [-0.4, -0.2) is 15.8 Å². The predicted molar refractivity (Wildman–Crippen MR) is 69.9 cm³/mol. The van der Waals surface area contributed by atoms with E-state index in [0.717, 1.165) is 5.56 Å². The fraction of sp³-hybridized carbons (Fsp3) is 0.0769. The highest BCUT2D eigenvalue weighted by Gasteiger charge is 2.24. The number of aryl methyl sites for hydroxylation is 1. The monoisotopic (exact) mass is 293 g/mol. The summed E-state index contributed by atoms with van der Waals surface area (Å²) in [6, 6.07) is 4.08. The number of hydrogen-bond acceptors (Lipinski definition) is 4. The number of nitro benzene ring substituents is 1. The van der Waals surface area contributed by atoms with E-state index in [1.807, 2.05) is 0 Å². The van der Waals surface area contributed by atoms with Gasteiger partial charge in [0.15, 0.2) is 11.6 Å². The van der Waals surface area contributed by atoms with Crippen molar-refractivity contribution in [3.63, 3.8) is 0 Å². The van der Waals surface area contributed by atoms with Gasteiger partial charge in [0.2, 0.25) is 0 Å². The number of anilines is 1. The Morgan fingerprint density at radius 1 is 1.29 bits per heavy atom. The normalized spacial score (nSPS) is 10.2. The summed E-state index contributed by atoms with van der Waals surface area (Å²) in [6.45, 7) is 1.76. The lowest BCUT2D eigenvalue weighted by Gasteiger charge is -2.06. The van der Waals surface area contributed by atoms with Gasteiger partial charge in [-0.1, -0.05) is 0 Å². The van der Waals surface area contributed by atoms with Gasteiger partial charge in [-0.2, -0.15) is 0 Å². The molecule has 1 N–H and O–H groups in total. The maximum absolute atomic E-state index is 13.2. The van der Waals surface area contributed by atoms with Gasteiger partial charge in [-0.3, -0.25) is 14.9 Å². The Morgan fingerprint density at radius 2 is 1.95 bits per heavy atom. The highest BCUT2D eigenvalue weighted by molar-refractivity contribution is 6.06. The molecule has 0 fully saturated rings. The molecule has 0 spiro atoms. The summed E-state index contributed by atoms with van der Waals surface area (Å²) >= 11 is 0. The van der Waals surface area contributed by atoms with Crippen LogP contribution in [0, 0.1) is 28.7 Å². The third-order valence-electron chi connectivity index (χ3n) is 2.64. The Labute approximate surface area is 117 Å². The second kappa shape index (κ2) is 5.61. The van der Waals surface area contributed by atoms with E-state index in [1.54, 1.807) is 13.0 Å². The smallest absolute Gasteiger partial charge is 0.285 e. The minimum absolute atomic E-state index is 0.152. The van der Waals surface area contributed by atoms with Crippen molar-refractivity contribution in [3.05, 3.63) is 63.3 Å². The van der Waals surface area contributed by atoms with Crippen LogP contribution < -0.4 is 5.32 Å². The van der Waals surface area contributed by atoms with E-state index in [-0.39, 0.29) is 5.82 Å². The first kappa shape index (κ1) is 14.5. The largest absolute Gasteiger partial charge is 0.306 e. The number of halogens is 2. The number of hydrogen-bond donors (Lipinski definition) is 1. The van der Waals surface area contributed by atoms with Gasteiger partial charge in [0.1, 0.15) is 11.4 Å². The van der Waals surface area contributed by atoms with Crippen LogP contribution in [0.2, 0.25) is 0 Å². The van der Waals surface area contributed by atoms with Crippen LogP contribution in [0.4, 0.5) is 20.3 Å². The van der Waals surface area contributed by atoms with E-state index < -0.39 is 33.7 Å². The molecular weight excluding hydrogens is 284 g/mol. The zero-order valence-electron chi connectivity index (χ0n) is 10.8. The fourth-order valence-corrected chi connectivity index (χ4v) is 1.66. The maximum Gasteiger partial charge on any atom is 0.285 e. The van der Waals surface area contributed by atoms with E-state index in [9.17, 15) is 23.7 Å². The van der Waals surface area contributed by atoms with Crippen LogP contribution >= 0.6 is 0 Å². The van der Waals surface area contributed by atoms with Crippen molar-refractivity contribution >= 4 is 17.4 Å². The number of nitro groups is 1. The van der Waals surface area contributed by atoms with Crippen molar-refractivity contribution in [2.24, 2.45) is 0 Å². The Bertz CT molecular complexity index is 735. The average Bonchev–Trinajstić information content (AvgIpc) is 2.41. The number of benzene rings is 1. The van der Waals surface area contributed by atoms with Crippen LogP contribution in [0.5, 0.6) is 0 Å². The van der Waals surface area contributed by atoms with Gasteiger partial charge in [-0.15, -0.1) is 0 Å². The molecule has 1 aromatic carbocycles. The van der Waals surface area contributed by atoms with Gasteiger partial charge >= 0.3 is 0 Å². The highest BCUT2D eigenvalue weighted by atomic mass is 19.2. The minimum atomic E-state index is -1.40. The summed E-state index contributed by atoms with van der Waals surface area (Å²) in [5, 5.41) is 13.1. The van der Waals surface area contributed by atoms with Crippen molar-refractivity contribution in [2.45, 2.75) is 6.92 Å². The molecule has 0 aliphatic heterocycles. The average molecular weight is 293 g/mol. The van der Waals surface area contributed by atoms with Gasteiger partial charge in [-0.25, -0.2) is 13.8 Å². The lowest BCUT2D eigenvalue weighted by atomic mass is 10.1. The fourth-order valence-electron chi connectivity index (χ4n) is 1.66. The second-order valence-corrected chi connectivity index (χ2v) is 4.21. The number of aromatic nitrogens is 1. The van der Waals surface area contributed by atoms with Gasteiger partial charge in [0.05, 0.1) is 11.0 Å². The number of nitrogens with zero attached hydrogens (tertiary/aromatic N) is 2. The first-order chi connectivity index (χ1) is 9.88. The van der Waals surface area contributed by atoms with E-state index in [1.165, 1.54) is 12.3 Å². The van der Waals surface area contributed by atoms with Gasteiger partial charge in [0.25, 0.3) is 11.6 Å². The maximum atomic E-state index is 13.2. The Balaban J connectivity index is 2.39. The number of amides is 1. The highest BCUT2D eigenvalue weighted by Crippen LogP contribution is 2.23. The molecule has 0 saturated carbocycles. The number of carbonyl (C=O) groups excluding carboxylic acids is 1. The molecule has 2 aromatic rings. The molecule has 108 valence electrons. The first-order valence-electron chi connectivity index (χ1n) is 5.76. The van der Waals surface area contributed by atoms with Crippen molar-refractivity contribution in [1.29, 1.82) is 0 Å². The van der Waals surface area contributed by atoms with Crippen molar-refractivity contribution in [1.82, 2.24) is 4.98 Å². The number of rotatable bonds is 3. The minimum Gasteiger partial charge on any atom is -0.306 e. The molecule has 6 nitrogen and oxygen atoms in total. The topological polar surface area (TPSA) is 85.1 Å². The zero-order valence-corrected chi connectivity index (χ0v) is 10.8. The lowest BCUT2D eigenvalue weighted by molar-refractivity contribution is -0.385. The van der Waals surface area contributed by atoms with Gasteiger partial charge < -0.3 is 5.32 Å². The summed E-state index contributed by atoms with van der Waals surface area (Å²) in [4.78, 5) is 25.7. The molecule has 0 radical (unpaired) electrons. The molecule has 1 amide bonds. The molecular formula is C13H9F2N3O3. The van der Waals surface area contributed by atoms with Crippen molar-refractivity contribution in [3.8, 4) is 0 Å². The van der Waals surface area contributed by atoms with E-state index in [4.69, 9.17) is 0 Å². The number of pyridine rings is 1. The van der Waals surface area contributed by atoms with Crippen molar-refractivity contribution < 1.29 is 18.5 Å². The summed E-state index contributed by atoms with van der Waals surface area (Å²) in [6.07, 6.45) is 1.44. The van der Waals surface area contributed by atoms with Crippen LogP contribution in [0.25, 0.3) is 0 Å². The third kappa shape index (κ3) is 3.16. The van der Waals surface area contributed by atoms with Gasteiger partial charge in [0, 0.05) is 6.20 Å². The summed E-state index contributed by atoms with van der Waals surface area (Å²) in [5.41, 5.74) is -0.596. The Kier molecular flexibility index (Phi) is 3.88. The van der Waals surface area contributed by atoms with E-state index >= 15 is 0 Å². The summed E-state index contributed by atoms with van der Waals surface area (Å²) < 4.78 is 26.2. The van der Waals surface area contributed by atoms with Crippen LogP contribution in [0.1, 0.15) is 15.9 Å². The number of nitrogens with one attached hydrogen (secondary N) is 1. The predicted octanol–water partition coefficient (Wildman–Crippen LogP) is 2.83. The molecule has 0 saturated heterocycles. The van der Waals surface area contributed by atoms with E-state index in [2.05, 4.69) is 10.3 Å². The Morgan fingerprint density at radius 3 is 2.57 bits per heavy atom. The molecule has 0 aliphatic rings. The standard InChI is InChI=1S/C13H9F2N3O3/c1-7-2-3-16-12(4-7)17-13(19)8-5-9(14)10(15)6-11(8)18(20)21/h2-6H,1H3,(H,16,17,19). The van der Waals surface area contributed by atoms with Crippen LogP contribution in [0.15, 0.2) is 30.5 Å².